The van der Waals surface area contributed by atoms with Crippen LogP contribution in [0.4, 0.5) is 23.1 Å². The molecule has 1 aromatic carbocycles. The molecule has 0 bridgehead atoms. The van der Waals surface area contributed by atoms with E-state index in [1.807, 2.05) is 12.1 Å². The normalized spacial score (nSPS) is 18.8. The number of anilines is 4. The number of aryl methyl sites for hydroxylation is 1. The summed E-state index contributed by atoms with van der Waals surface area (Å²) in [5, 5.41) is 6.91. The van der Waals surface area contributed by atoms with Crippen molar-refractivity contribution in [3.8, 4) is 0 Å². The van der Waals surface area contributed by atoms with Gasteiger partial charge in [0.25, 0.3) is 0 Å². The van der Waals surface area contributed by atoms with Gasteiger partial charge in [-0.1, -0.05) is 11.6 Å². The maximum Gasteiger partial charge on any atom is 0.229 e. The van der Waals surface area contributed by atoms with E-state index in [0.717, 1.165) is 68.8 Å². The average Bonchev–Trinajstić information content (AvgIpc) is 2.66. The number of nitrogen functional groups attached to an aromatic ring is 1. The van der Waals surface area contributed by atoms with E-state index in [2.05, 4.69) is 15.5 Å². The van der Waals surface area contributed by atoms with E-state index in [4.69, 9.17) is 27.3 Å². The number of carbonyl (C=O) groups is 1. The molecule has 7 nitrogen and oxygen atoms in total. The van der Waals surface area contributed by atoms with Gasteiger partial charge in [0.2, 0.25) is 11.9 Å². The molecule has 2 aliphatic rings. The smallest absolute Gasteiger partial charge is 0.229 e. The highest BCUT2D eigenvalue weighted by molar-refractivity contribution is 6.31. The molecule has 1 saturated heterocycles. The largest absolute Gasteiger partial charge is 0.399 e. The van der Waals surface area contributed by atoms with Gasteiger partial charge in [0.15, 0.2) is 0 Å². The summed E-state index contributed by atoms with van der Waals surface area (Å²) in [6, 6.07) is 5.50. The van der Waals surface area contributed by atoms with Crippen molar-refractivity contribution in [2.24, 2.45) is 0 Å². The lowest BCUT2D eigenvalue weighted by atomic mass is 9.95. The predicted octanol–water partition coefficient (Wildman–Crippen LogP) is 3.44. The van der Waals surface area contributed by atoms with Crippen LogP contribution in [0.3, 0.4) is 0 Å². The van der Waals surface area contributed by atoms with Gasteiger partial charge in [-0.3, -0.25) is 4.79 Å². The molecule has 0 radical (unpaired) electrons. The highest BCUT2D eigenvalue weighted by atomic mass is 35.5. The molecule has 1 aliphatic carbocycles. The van der Waals surface area contributed by atoms with Crippen molar-refractivity contribution < 1.29 is 4.79 Å². The van der Waals surface area contributed by atoms with E-state index >= 15 is 0 Å². The highest BCUT2D eigenvalue weighted by Crippen LogP contribution is 2.32. The zero-order chi connectivity index (χ0) is 20.4. The molecule has 4 rings (SSSR count). The van der Waals surface area contributed by atoms with Crippen molar-refractivity contribution in [1.29, 1.82) is 0 Å². The number of nitrogens with zero attached hydrogens (tertiary/aromatic N) is 3. The van der Waals surface area contributed by atoms with Crippen LogP contribution in [0.2, 0.25) is 5.02 Å². The van der Waals surface area contributed by atoms with E-state index < -0.39 is 0 Å². The second-order valence-electron chi connectivity index (χ2n) is 7.89. The fraction of sp³-hybridized carbons (Fsp3) is 0.476. The van der Waals surface area contributed by atoms with E-state index in [-0.39, 0.29) is 11.9 Å². The van der Waals surface area contributed by atoms with Crippen LogP contribution in [0.25, 0.3) is 0 Å². The number of benzene rings is 1. The summed E-state index contributed by atoms with van der Waals surface area (Å²) in [4.78, 5) is 23.5. The maximum absolute atomic E-state index is 11.5. The molecule has 4 N–H and O–H groups in total. The molecule has 0 unspecified atom stereocenters. The zero-order valence-corrected chi connectivity index (χ0v) is 17.4. The minimum absolute atomic E-state index is 0.0162. The van der Waals surface area contributed by atoms with Crippen molar-refractivity contribution in [3.63, 3.8) is 0 Å². The molecular formula is C21H27ClN6O. The topological polar surface area (TPSA) is 96.2 Å². The van der Waals surface area contributed by atoms with Crippen molar-refractivity contribution in [2.45, 2.75) is 51.5 Å². The minimum Gasteiger partial charge on any atom is -0.399 e. The number of hydrogen-bond acceptors (Lipinski definition) is 6. The Morgan fingerprint density at radius 2 is 2.03 bits per heavy atom. The molecule has 1 fully saturated rings. The second kappa shape index (κ2) is 8.45. The van der Waals surface area contributed by atoms with Crippen LogP contribution in [0.5, 0.6) is 0 Å². The number of nitrogens with two attached hydrogens (primary N) is 1. The van der Waals surface area contributed by atoms with Gasteiger partial charge in [0.05, 0.1) is 5.69 Å². The number of fused-ring (bicyclic) bond motifs is 1. The molecule has 0 saturated carbocycles. The molecule has 2 aromatic rings. The Hall–Kier alpha value is -2.54. The van der Waals surface area contributed by atoms with E-state index in [0.29, 0.717) is 16.7 Å². The number of rotatable bonds is 4. The zero-order valence-electron chi connectivity index (χ0n) is 16.7. The van der Waals surface area contributed by atoms with Gasteiger partial charge in [0, 0.05) is 48.0 Å². The van der Waals surface area contributed by atoms with Gasteiger partial charge in [-0.05, 0) is 56.7 Å². The quantitative estimate of drug-likeness (QED) is 0.663. The van der Waals surface area contributed by atoms with Gasteiger partial charge in [-0.2, -0.15) is 4.98 Å². The Morgan fingerprint density at radius 3 is 2.83 bits per heavy atom. The van der Waals surface area contributed by atoms with Gasteiger partial charge in [-0.25, -0.2) is 4.98 Å². The van der Waals surface area contributed by atoms with Crippen molar-refractivity contribution in [2.75, 3.05) is 29.0 Å². The Bertz CT molecular complexity index is 898. The molecule has 1 amide bonds. The van der Waals surface area contributed by atoms with Gasteiger partial charge in [-0.15, -0.1) is 0 Å². The summed E-state index contributed by atoms with van der Waals surface area (Å²) in [7, 11) is 0. The Balaban J connectivity index is 1.65. The van der Waals surface area contributed by atoms with Crippen LogP contribution >= 0.6 is 11.6 Å². The third kappa shape index (κ3) is 4.72. The van der Waals surface area contributed by atoms with Crippen molar-refractivity contribution >= 4 is 40.6 Å². The van der Waals surface area contributed by atoms with E-state index in [1.165, 1.54) is 5.56 Å². The Labute approximate surface area is 176 Å². The highest BCUT2D eigenvalue weighted by Gasteiger charge is 2.26. The fourth-order valence-electron chi connectivity index (χ4n) is 4.28. The molecule has 8 heteroatoms. The van der Waals surface area contributed by atoms with Crippen LogP contribution in [-0.4, -0.2) is 35.0 Å². The molecule has 154 valence electrons. The molecule has 2 heterocycles. The van der Waals surface area contributed by atoms with Gasteiger partial charge < -0.3 is 21.3 Å². The summed E-state index contributed by atoms with van der Waals surface area (Å²) in [6.07, 6.45) is 6.27. The molecule has 0 spiro atoms. The number of nitrogens with one attached hydrogen (secondary N) is 2. The van der Waals surface area contributed by atoms with Crippen LogP contribution in [0.1, 0.15) is 43.9 Å². The first-order valence-electron chi connectivity index (χ1n) is 10.2. The maximum atomic E-state index is 11.5. The predicted molar refractivity (Wildman–Crippen MR) is 117 cm³/mol. The number of amides is 1. The Morgan fingerprint density at radius 1 is 1.21 bits per heavy atom. The lowest BCUT2D eigenvalue weighted by Gasteiger charge is -2.36. The Kier molecular flexibility index (Phi) is 5.76. The fourth-order valence-corrected chi connectivity index (χ4v) is 4.52. The van der Waals surface area contributed by atoms with Crippen LogP contribution in [0, 0.1) is 0 Å². The first-order valence-corrected chi connectivity index (χ1v) is 10.6. The van der Waals surface area contributed by atoms with Crippen LogP contribution in [-0.2, 0) is 17.6 Å². The number of halogens is 1. The van der Waals surface area contributed by atoms with Crippen molar-refractivity contribution in [3.05, 3.63) is 34.5 Å². The molecular weight excluding hydrogens is 388 g/mol. The third-order valence-corrected chi connectivity index (χ3v) is 5.68. The number of carbonyl (C=O) groups excluding carboxylic acids is 1. The summed E-state index contributed by atoms with van der Waals surface area (Å²) < 4.78 is 0. The second-order valence-corrected chi connectivity index (χ2v) is 8.32. The number of hydrogen-bond donors (Lipinski definition) is 3. The van der Waals surface area contributed by atoms with Crippen molar-refractivity contribution in [1.82, 2.24) is 15.3 Å². The SMILES string of the molecule is CC(=O)N[C@@H]1CCCN(c2nc(Nc3cc(N)cc(Cl)c3)nc3c2CCCC3)C1. The number of aromatic nitrogens is 2. The summed E-state index contributed by atoms with van der Waals surface area (Å²) in [6.45, 7) is 3.28. The van der Waals surface area contributed by atoms with Crippen LogP contribution in [0.15, 0.2) is 18.2 Å². The third-order valence-electron chi connectivity index (χ3n) is 5.47. The lowest BCUT2D eigenvalue weighted by Crippen LogP contribution is -2.48. The number of piperidine rings is 1. The standard InChI is InChI=1S/C21H27ClN6O/c1-13(29)24-16-5-4-8-28(12-16)20-18-6-2-3-7-19(18)26-21(27-20)25-17-10-14(22)9-15(23)11-17/h9-11,16H,2-8,12,23H2,1H3,(H,24,29)(H,25,26,27)/t16-/m1/s1. The molecule has 1 aliphatic heterocycles. The van der Waals surface area contributed by atoms with Gasteiger partial charge in [0.1, 0.15) is 5.82 Å². The summed E-state index contributed by atoms with van der Waals surface area (Å²) in [5.41, 5.74) is 9.64. The van der Waals surface area contributed by atoms with E-state index in [1.54, 1.807) is 13.0 Å². The van der Waals surface area contributed by atoms with Crippen LogP contribution < -0.4 is 21.3 Å². The van der Waals surface area contributed by atoms with E-state index in [9.17, 15) is 4.79 Å². The summed E-state index contributed by atoms with van der Waals surface area (Å²) >= 11 is 6.14. The van der Waals surface area contributed by atoms with Gasteiger partial charge >= 0.3 is 0 Å². The minimum atomic E-state index is 0.0162. The molecule has 29 heavy (non-hydrogen) atoms. The lowest BCUT2D eigenvalue weighted by molar-refractivity contribution is -0.119. The first kappa shape index (κ1) is 19.8. The molecule has 1 aromatic heterocycles. The molecule has 1 atom stereocenters. The monoisotopic (exact) mass is 414 g/mol. The first-order chi connectivity index (χ1) is 14.0. The summed E-state index contributed by atoms with van der Waals surface area (Å²) in [5.74, 6) is 1.56. The average molecular weight is 415 g/mol.